The molecule has 1 aromatic carbocycles. The summed E-state index contributed by atoms with van der Waals surface area (Å²) in [5, 5.41) is 2.54. The lowest BCUT2D eigenvalue weighted by Crippen LogP contribution is -2.24. The Labute approximate surface area is 121 Å². The van der Waals surface area contributed by atoms with Crippen molar-refractivity contribution in [2.75, 3.05) is 6.61 Å². The Balaban J connectivity index is 2.44. The molecule has 0 aliphatic rings. The quantitative estimate of drug-likeness (QED) is 0.748. The lowest BCUT2D eigenvalue weighted by molar-refractivity contribution is -0.144. The first-order valence-electron chi connectivity index (χ1n) is 6.48. The molecule has 0 aliphatic heterocycles. The van der Waals surface area contributed by atoms with Gasteiger partial charge in [-0.1, -0.05) is 18.2 Å². The second-order valence-corrected chi connectivity index (χ2v) is 4.07. The molecule has 0 saturated carbocycles. The molecule has 1 N–H and O–H groups in total. The number of esters is 1. The summed E-state index contributed by atoms with van der Waals surface area (Å²) in [6, 6.07) is 6.18. The number of benzene rings is 1. The monoisotopic (exact) mass is 301 g/mol. The van der Waals surface area contributed by atoms with Gasteiger partial charge in [0.2, 0.25) is 5.91 Å². The third-order valence-electron chi connectivity index (χ3n) is 2.53. The van der Waals surface area contributed by atoms with Crippen molar-refractivity contribution < 1.29 is 27.8 Å². The Morgan fingerprint density at radius 3 is 2.62 bits per heavy atom. The molecule has 0 saturated heterocycles. The Bertz CT molecular complexity index is 480. The molecule has 0 fully saturated rings. The van der Waals surface area contributed by atoms with Gasteiger partial charge in [-0.05, 0) is 13.0 Å². The van der Waals surface area contributed by atoms with Crippen molar-refractivity contribution in [1.29, 1.82) is 0 Å². The van der Waals surface area contributed by atoms with Crippen LogP contribution in [0.25, 0.3) is 0 Å². The fourth-order valence-corrected chi connectivity index (χ4v) is 1.59. The van der Waals surface area contributed by atoms with Crippen LogP contribution in [0.2, 0.25) is 0 Å². The fourth-order valence-electron chi connectivity index (χ4n) is 1.59. The number of nitrogens with one attached hydrogen (secondary N) is 1. The van der Waals surface area contributed by atoms with Gasteiger partial charge < -0.3 is 14.8 Å². The fraction of sp³-hybridized carbons (Fsp3) is 0.429. The minimum atomic E-state index is -2.93. The lowest BCUT2D eigenvalue weighted by atomic mass is 10.2. The lowest BCUT2D eigenvalue weighted by Gasteiger charge is -2.11. The molecule has 1 aromatic rings. The van der Waals surface area contributed by atoms with E-state index in [9.17, 15) is 18.4 Å². The molecule has 0 unspecified atom stereocenters. The van der Waals surface area contributed by atoms with Crippen LogP contribution in [0.1, 0.15) is 25.3 Å². The maximum absolute atomic E-state index is 12.2. The first-order chi connectivity index (χ1) is 10.0. The average molecular weight is 301 g/mol. The molecule has 0 spiro atoms. The van der Waals surface area contributed by atoms with Gasteiger partial charge in [0.05, 0.1) is 13.0 Å². The normalized spacial score (nSPS) is 10.3. The van der Waals surface area contributed by atoms with Gasteiger partial charge in [0.1, 0.15) is 5.75 Å². The van der Waals surface area contributed by atoms with Crippen LogP contribution in [0.15, 0.2) is 24.3 Å². The summed E-state index contributed by atoms with van der Waals surface area (Å²) in [5.74, 6) is -0.804. The number of halogens is 2. The van der Waals surface area contributed by atoms with Crippen molar-refractivity contribution in [2.45, 2.75) is 32.9 Å². The Hall–Kier alpha value is -2.18. The SMILES string of the molecule is CCOC(=O)CCC(=O)NCc1ccccc1OC(F)F. The minimum Gasteiger partial charge on any atom is -0.466 e. The van der Waals surface area contributed by atoms with Crippen LogP contribution < -0.4 is 10.1 Å². The highest BCUT2D eigenvalue weighted by Gasteiger charge is 2.11. The van der Waals surface area contributed by atoms with Crippen molar-refractivity contribution in [2.24, 2.45) is 0 Å². The van der Waals surface area contributed by atoms with Crippen LogP contribution in [-0.2, 0) is 20.9 Å². The first-order valence-corrected chi connectivity index (χ1v) is 6.48. The van der Waals surface area contributed by atoms with Crippen molar-refractivity contribution in [3.63, 3.8) is 0 Å². The van der Waals surface area contributed by atoms with Crippen LogP contribution in [0.4, 0.5) is 8.78 Å². The van der Waals surface area contributed by atoms with Gasteiger partial charge in [-0.15, -0.1) is 0 Å². The number of para-hydroxylation sites is 1. The predicted molar refractivity (Wildman–Crippen MR) is 70.8 cm³/mol. The van der Waals surface area contributed by atoms with Crippen LogP contribution >= 0.6 is 0 Å². The van der Waals surface area contributed by atoms with E-state index >= 15 is 0 Å². The number of rotatable bonds is 8. The maximum atomic E-state index is 12.2. The summed E-state index contributed by atoms with van der Waals surface area (Å²) in [7, 11) is 0. The van der Waals surface area contributed by atoms with E-state index in [0.29, 0.717) is 5.56 Å². The maximum Gasteiger partial charge on any atom is 0.387 e. The van der Waals surface area contributed by atoms with E-state index in [1.807, 2.05) is 0 Å². The van der Waals surface area contributed by atoms with Crippen molar-refractivity contribution in [3.05, 3.63) is 29.8 Å². The van der Waals surface area contributed by atoms with Gasteiger partial charge in [0.15, 0.2) is 0 Å². The third-order valence-corrected chi connectivity index (χ3v) is 2.53. The molecule has 1 amide bonds. The van der Waals surface area contributed by atoms with Gasteiger partial charge >= 0.3 is 12.6 Å². The number of hydrogen-bond acceptors (Lipinski definition) is 4. The summed E-state index contributed by atoms with van der Waals surface area (Å²) < 4.78 is 33.5. The van der Waals surface area contributed by atoms with Crippen LogP contribution in [0.5, 0.6) is 5.75 Å². The molecule has 0 bridgehead atoms. The van der Waals surface area contributed by atoms with Gasteiger partial charge in [-0.25, -0.2) is 0 Å². The second-order valence-electron chi connectivity index (χ2n) is 4.07. The van der Waals surface area contributed by atoms with Crippen LogP contribution in [-0.4, -0.2) is 25.1 Å². The first kappa shape index (κ1) is 16.9. The average Bonchev–Trinajstić information content (AvgIpc) is 2.44. The van der Waals surface area contributed by atoms with E-state index in [-0.39, 0.29) is 37.6 Å². The summed E-state index contributed by atoms with van der Waals surface area (Å²) in [6.07, 6.45) is -0.0362. The van der Waals surface area contributed by atoms with Crippen molar-refractivity contribution in [1.82, 2.24) is 5.32 Å². The Morgan fingerprint density at radius 2 is 1.95 bits per heavy atom. The predicted octanol–water partition coefficient (Wildman–Crippen LogP) is 2.25. The highest BCUT2D eigenvalue weighted by molar-refractivity contribution is 5.81. The van der Waals surface area contributed by atoms with Crippen molar-refractivity contribution >= 4 is 11.9 Å². The van der Waals surface area contributed by atoms with E-state index in [2.05, 4.69) is 10.1 Å². The third kappa shape index (κ3) is 6.69. The number of hydrogen-bond donors (Lipinski definition) is 1. The zero-order valence-electron chi connectivity index (χ0n) is 11.6. The standard InChI is InChI=1S/C14H17F2NO4/c1-2-20-13(19)8-7-12(18)17-9-10-5-3-4-6-11(10)21-14(15)16/h3-6,14H,2,7-9H2,1H3,(H,17,18). The largest absolute Gasteiger partial charge is 0.466 e. The molecule has 5 nitrogen and oxygen atoms in total. The van der Waals surface area contributed by atoms with E-state index in [4.69, 9.17) is 4.74 Å². The van der Waals surface area contributed by atoms with Gasteiger partial charge in [-0.3, -0.25) is 9.59 Å². The molecule has 0 aliphatic carbocycles. The Kier molecular flexibility index (Phi) is 7.14. The number of carbonyl (C=O) groups excluding carboxylic acids is 2. The van der Waals surface area contributed by atoms with Crippen LogP contribution in [0.3, 0.4) is 0 Å². The molecule has 0 heterocycles. The highest BCUT2D eigenvalue weighted by atomic mass is 19.3. The molecule has 7 heteroatoms. The smallest absolute Gasteiger partial charge is 0.387 e. The summed E-state index contributed by atoms with van der Waals surface area (Å²) in [6.45, 7) is -0.938. The molecule has 0 aromatic heterocycles. The second kappa shape index (κ2) is 8.89. The number of alkyl halides is 2. The van der Waals surface area contributed by atoms with Gasteiger partial charge in [0.25, 0.3) is 0 Å². The molecule has 0 atom stereocenters. The topological polar surface area (TPSA) is 64.6 Å². The molecule has 116 valence electrons. The zero-order valence-corrected chi connectivity index (χ0v) is 11.6. The van der Waals surface area contributed by atoms with Crippen molar-refractivity contribution in [3.8, 4) is 5.75 Å². The molecule has 0 radical (unpaired) electrons. The number of carbonyl (C=O) groups is 2. The molecular weight excluding hydrogens is 284 g/mol. The Morgan fingerprint density at radius 1 is 1.24 bits per heavy atom. The molecule has 21 heavy (non-hydrogen) atoms. The minimum absolute atomic E-state index is 0.0122. The highest BCUT2D eigenvalue weighted by Crippen LogP contribution is 2.19. The zero-order chi connectivity index (χ0) is 15.7. The van der Waals surface area contributed by atoms with E-state index in [1.54, 1.807) is 25.1 Å². The summed E-state index contributed by atoms with van der Waals surface area (Å²) in [5.41, 5.74) is 0.433. The van der Waals surface area contributed by atoms with E-state index in [0.717, 1.165) is 0 Å². The van der Waals surface area contributed by atoms with Gasteiger partial charge in [0, 0.05) is 18.5 Å². The number of amides is 1. The van der Waals surface area contributed by atoms with Gasteiger partial charge in [-0.2, -0.15) is 8.78 Å². The summed E-state index contributed by atoms with van der Waals surface area (Å²) in [4.78, 5) is 22.6. The molecule has 1 rings (SSSR count). The van der Waals surface area contributed by atoms with Crippen LogP contribution in [0, 0.1) is 0 Å². The number of ether oxygens (including phenoxy) is 2. The van der Waals surface area contributed by atoms with E-state index < -0.39 is 12.6 Å². The van der Waals surface area contributed by atoms with E-state index in [1.165, 1.54) is 6.07 Å². The summed E-state index contributed by atoms with van der Waals surface area (Å²) >= 11 is 0. The molecular formula is C14H17F2NO4.